The van der Waals surface area contributed by atoms with Crippen molar-refractivity contribution in [3.63, 3.8) is 0 Å². The van der Waals surface area contributed by atoms with E-state index in [-0.39, 0.29) is 12.8 Å². The fraction of sp³-hybridized carbons (Fsp3) is 0.200. The van der Waals surface area contributed by atoms with E-state index in [4.69, 9.17) is 20.4 Å². The molecule has 0 aromatic heterocycles. The summed E-state index contributed by atoms with van der Waals surface area (Å²) in [6.07, 6.45) is 1.07. The average Bonchev–Trinajstić information content (AvgIpc) is 2.27. The average molecular weight is 262 g/mol. The van der Waals surface area contributed by atoms with Crippen LogP contribution in [0.5, 0.6) is 0 Å². The molecule has 0 aliphatic carbocycles. The Kier molecular flexibility index (Phi) is 16.5. The Bertz CT molecular complexity index is 286. The van der Waals surface area contributed by atoms with Crippen molar-refractivity contribution in [3.8, 4) is 0 Å². The highest BCUT2D eigenvalue weighted by Gasteiger charge is 2.00. The summed E-state index contributed by atoms with van der Waals surface area (Å²) in [5.74, 6) is -4.12. The Balaban J connectivity index is -0.000000197. The lowest BCUT2D eigenvalue weighted by Crippen LogP contribution is -2.00. The number of rotatable bonds is 5. The first-order chi connectivity index (χ1) is 8.17. The maximum atomic E-state index is 9.64. The molecule has 0 aliphatic rings. The van der Waals surface area contributed by atoms with Crippen LogP contribution in [0.25, 0.3) is 0 Å². The lowest BCUT2D eigenvalue weighted by Gasteiger charge is -1.85. The number of carboxylic acids is 4. The molecule has 8 heteroatoms. The molecule has 0 rings (SSSR count). The van der Waals surface area contributed by atoms with Crippen LogP contribution in [0.1, 0.15) is 12.8 Å². The van der Waals surface area contributed by atoms with Gasteiger partial charge in [-0.25, -0.2) is 9.59 Å². The standard InChI is InChI=1S/C4H6O4.2C3H4O2/c5-3(6)1-2-4(7)8;2*1-2-3(4)5/h1-2H2,(H,5,6)(H,7,8);2*2H,1H2,(H,4,5). The van der Waals surface area contributed by atoms with Crippen molar-refractivity contribution in [1.29, 1.82) is 0 Å². The highest BCUT2D eigenvalue weighted by atomic mass is 16.4. The van der Waals surface area contributed by atoms with Crippen LogP contribution < -0.4 is 0 Å². The van der Waals surface area contributed by atoms with Gasteiger partial charge in [0.2, 0.25) is 0 Å². The first kappa shape index (κ1) is 20.7. The number of hydrogen-bond acceptors (Lipinski definition) is 4. The molecule has 0 saturated heterocycles. The summed E-state index contributed by atoms with van der Waals surface area (Å²) in [4.78, 5) is 37.8. The van der Waals surface area contributed by atoms with Gasteiger partial charge in [0.25, 0.3) is 0 Å². The zero-order chi connectivity index (χ0) is 15.1. The van der Waals surface area contributed by atoms with Crippen LogP contribution in [-0.4, -0.2) is 44.3 Å². The normalized spacial score (nSPS) is 7.33. The summed E-state index contributed by atoms with van der Waals surface area (Å²) < 4.78 is 0. The van der Waals surface area contributed by atoms with Gasteiger partial charge in [-0.3, -0.25) is 9.59 Å². The van der Waals surface area contributed by atoms with Gasteiger partial charge in [-0.2, -0.15) is 0 Å². The fourth-order valence-electron chi connectivity index (χ4n) is 0.214. The van der Waals surface area contributed by atoms with E-state index in [0.29, 0.717) is 0 Å². The predicted molar refractivity (Wildman–Crippen MR) is 60.2 cm³/mol. The maximum Gasteiger partial charge on any atom is 0.327 e. The molecule has 0 heterocycles. The van der Waals surface area contributed by atoms with Gasteiger partial charge in [-0.15, -0.1) is 0 Å². The lowest BCUT2D eigenvalue weighted by molar-refractivity contribution is -0.143. The summed E-state index contributed by atoms with van der Waals surface area (Å²) in [5.41, 5.74) is 0. The van der Waals surface area contributed by atoms with E-state index in [1.807, 2.05) is 0 Å². The molecule has 0 fully saturated rings. The molecule has 0 aliphatic heterocycles. The van der Waals surface area contributed by atoms with Crippen LogP contribution in [-0.2, 0) is 19.2 Å². The monoisotopic (exact) mass is 262 g/mol. The van der Waals surface area contributed by atoms with Gasteiger partial charge in [0.15, 0.2) is 0 Å². The second kappa shape index (κ2) is 14.4. The van der Waals surface area contributed by atoms with Crippen molar-refractivity contribution in [2.45, 2.75) is 12.8 Å². The highest BCUT2D eigenvalue weighted by molar-refractivity contribution is 5.79. The third kappa shape index (κ3) is 50.5. The van der Waals surface area contributed by atoms with Crippen molar-refractivity contribution in [1.82, 2.24) is 0 Å². The van der Waals surface area contributed by atoms with Crippen molar-refractivity contribution < 1.29 is 39.6 Å². The van der Waals surface area contributed by atoms with E-state index in [0.717, 1.165) is 12.2 Å². The van der Waals surface area contributed by atoms with Crippen molar-refractivity contribution in [3.05, 3.63) is 25.3 Å². The van der Waals surface area contributed by atoms with E-state index in [1.165, 1.54) is 0 Å². The Hall–Kier alpha value is -2.64. The van der Waals surface area contributed by atoms with Gasteiger partial charge >= 0.3 is 23.9 Å². The molecule has 0 amide bonds. The molecule has 0 aromatic rings. The molecule has 18 heavy (non-hydrogen) atoms. The summed E-state index contributed by atoms with van der Waals surface area (Å²) >= 11 is 0. The van der Waals surface area contributed by atoms with Crippen molar-refractivity contribution >= 4 is 23.9 Å². The number of hydrogen-bond donors (Lipinski definition) is 4. The molecule has 8 nitrogen and oxygen atoms in total. The van der Waals surface area contributed by atoms with Gasteiger partial charge in [0, 0.05) is 12.2 Å². The van der Waals surface area contributed by atoms with E-state index >= 15 is 0 Å². The summed E-state index contributed by atoms with van der Waals surface area (Å²) in [6, 6.07) is 0. The van der Waals surface area contributed by atoms with Gasteiger partial charge in [-0.05, 0) is 0 Å². The quantitative estimate of drug-likeness (QED) is 0.521. The Morgan fingerprint density at radius 2 is 0.889 bits per heavy atom. The topological polar surface area (TPSA) is 149 Å². The SMILES string of the molecule is C=CC(=O)O.C=CC(=O)O.O=C(O)CCC(=O)O. The molecule has 4 N–H and O–H groups in total. The molecule has 0 aromatic carbocycles. The van der Waals surface area contributed by atoms with Crippen LogP contribution in [0.2, 0.25) is 0 Å². The molecule has 0 bridgehead atoms. The van der Waals surface area contributed by atoms with Gasteiger partial charge in [0.05, 0.1) is 12.8 Å². The molecule has 0 unspecified atom stereocenters. The minimum atomic E-state index is -1.08. The van der Waals surface area contributed by atoms with Crippen LogP contribution in [0.3, 0.4) is 0 Å². The molecule has 0 saturated carbocycles. The fourth-order valence-corrected chi connectivity index (χ4v) is 0.214. The molecular formula is C10H14O8. The van der Waals surface area contributed by atoms with Crippen molar-refractivity contribution in [2.24, 2.45) is 0 Å². The Morgan fingerprint density at radius 3 is 0.944 bits per heavy atom. The molecule has 0 spiro atoms. The van der Waals surface area contributed by atoms with E-state index < -0.39 is 23.9 Å². The third-order valence-electron chi connectivity index (χ3n) is 0.902. The largest absolute Gasteiger partial charge is 0.481 e. The van der Waals surface area contributed by atoms with Gasteiger partial charge in [0.1, 0.15) is 0 Å². The lowest BCUT2D eigenvalue weighted by atomic mass is 10.3. The first-order valence-corrected chi connectivity index (χ1v) is 4.31. The second-order valence-electron chi connectivity index (χ2n) is 2.37. The molecule has 0 atom stereocenters. The zero-order valence-electron chi connectivity index (χ0n) is 9.40. The molecule has 102 valence electrons. The van der Waals surface area contributed by atoms with E-state index in [2.05, 4.69) is 13.2 Å². The third-order valence-corrected chi connectivity index (χ3v) is 0.902. The summed E-state index contributed by atoms with van der Waals surface area (Å²) in [7, 11) is 0. The van der Waals surface area contributed by atoms with Gasteiger partial charge in [-0.1, -0.05) is 13.2 Å². The number of carboxylic acid groups (broad SMARTS) is 4. The van der Waals surface area contributed by atoms with Crippen LogP contribution in [0.15, 0.2) is 25.3 Å². The minimum absolute atomic E-state index is 0.296. The minimum Gasteiger partial charge on any atom is -0.481 e. The van der Waals surface area contributed by atoms with E-state index in [9.17, 15) is 19.2 Å². The zero-order valence-corrected chi connectivity index (χ0v) is 9.40. The van der Waals surface area contributed by atoms with Crippen molar-refractivity contribution in [2.75, 3.05) is 0 Å². The van der Waals surface area contributed by atoms with E-state index in [1.54, 1.807) is 0 Å². The first-order valence-electron chi connectivity index (χ1n) is 4.31. The second-order valence-corrected chi connectivity index (χ2v) is 2.37. The smallest absolute Gasteiger partial charge is 0.327 e. The van der Waals surface area contributed by atoms with Crippen LogP contribution in [0.4, 0.5) is 0 Å². The Labute approximate surface area is 102 Å². The number of aliphatic carboxylic acids is 4. The van der Waals surface area contributed by atoms with Crippen LogP contribution >= 0.6 is 0 Å². The molecular weight excluding hydrogens is 248 g/mol. The number of carbonyl (C=O) groups is 4. The summed E-state index contributed by atoms with van der Waals surface area (Å²) in [6.45, 7) is 5.92. The van der Waals surface area contributed by atoms with Gasteiger partial charge < -0.3 is 20.4 Å². The van der Waals surface area contributed by atoms with Crippen LogP contribution in [0, 0.1) is 0 Å². The Morgan fingerprint density at radius 1 is 0.722 bits per heavy atom. The molecule has 0 radical (unpaired) electrons. The summed E-state index contributed by atoms with van der Waals surface area (Å²) in [5, 5.41) is 31.0. The maximum absolute atomic E-state index is 9.64. The predicted octanol–water partition coefficient (Wildman–Crippen LogP) is 0.450. The highest BCUT2D eigenvalue weighted by Crippen LogP contribution is 1.86.